The molecule has 15 amide bonds. The number of fused-ring (bicyclic) bond motifs is 3. The lowest BCUT2D eigenvalue weighted by molar-refractivity contribution is -0.154. The molecule has 0 aromatic heterocycles. The van der Waals surface area contributed by atoms with E-state index in [1.807, 2.05) is 173 Å². The first-order valence-electron chi connectivity index (χ1n) is 48.1. The topological polar surface area (TPSA) is 535 Å². The Morgan fingerprint density at radius 3 is 0.963 bits per heavy atom. The maximum absolute atomic E-state index is 14.3. The molecule has 3 saturated heterocycles. The quantitative estimate of drug-likeness (QED) is 0.0123. The van der Waals surface area contributed by atoms with Gasteiger partial charge in [-0.3, -0.25) is 62.3 Å². The highest BCUT2D eigenvalue weighted by molar-refractivity contribution is 6.39. The van der Waals surface area contributed by atoms with Gasteiger partial charge < -0.3 is 103 Å². The molecule has 3 unspecified atom stereocenters. The van der Waals surface area contributed by atoms with Gasteiger partial charge in [-0.15, -0.1) is 6.58 Å². The van der Waals surface area contributed by atoms with E-state index in [2.05, 4.69) is 64.5 Å². The Hall–Kier alpha value is -10.2. The number of ether oxygens (including phenoxy) is 5. The van der Waals surface area contributed by atoms with E-state index in [1.165, 1.54) is 27.9 Å². The minimum absolute atomic E-state index is 0.0417. The second-order valence-electron chi connectivity index (χ2n) is 48.3. The number of ketones is 3. The first-order chi connectivity index (χ1) is 62.3. The first-order valence-corrected chi connectivity index (χ1v) is 48.1. The third kappa shape index (κ3) is 29.4. The van der Waals surface area contributed by atoms with Gasteiger partial charge in [-0.05, 0) is 155 Å². The lowest BCUT2D eigenvalue weighted by Gasteiger charge is -2.38. The normalized spacial score (nSPS) is 23.9. The van der Waals surface area contributed by atoms with Crippen LogP contribution < -0.4 is 64.6 Å². The Bertz CT molecular complexity index is 4460. The van der Waals surface area contributed by atoms with Gasteiger partial charge in [0.25, 0.3) is 17.7 Å². The summed E-state index contributed by atoms with van der Waals surface area (Å²) >= 11 is 0. The van der Waals surface area contributed by atoms with Crippen LogP contribution in [0.5, 0.6) is 0 Å². The first kappa shape index (κ1) is 113. The predicted octanol–water partition coefficient (Wildman–Crippen LogP) is 7.56. The Labute approximate surface area is 802 Å². The van der Waals surface area contributed by atoms with Gasteiger partial charge in [0.2, 0.25) is 52.8 Å². The molecule has 6 saturated carbocycles. The average Bonchev–Trinajstić information content (AvgIpc) is 1.53. The highest BCUT2D eigenvalue weighted by atomic mass is 16.7. The number of hydrogen-bond donors (Lipinski definition) is 12. The zero-order valence-corrected chi connectivity index (χ0v) is 86.0. The maximum atomic E-state index is 14.3. The van der Waals surface area contributed by atoms with Crippen LogP contribution in [-0.2, 0) is 86.0 Å². The molecule has 0 aromatic rings. The molecule has 18 atom stereocenters. The summed E-state index contributed by atoms with van der Waals surface area (Å²) in [5, 5.41) is 27.8. The monoisotopic (exact) mass is 1920 g/mol. The van der Waals surface area contributed by atoms with Crippen LogP contribution in [0.1, 0.15) is 258 Å². The van der Waals surface area contributed by atoms with Crippen molar-refractivity contribution in [3.8, 4) is 0 Å². The van der Waals surface area contributed by atoms with Crippen molar-refractivity contribution in [3.05, 3.63) is 12.7 Å². The summed E-state index contributed by atoms with van der Waals surface area (Å²) in [6.45, 7) is 57.4. The van der Waals surface area contributed by atoms with Gasteiger partial charge in [0.05, 0.1) is 55.4 Å². The van der Waals surface area contributed by atoms with Crippen LogP contribution in [-0.4, -0.2) is 254 Å². The highest BCUT2D eigenvalue weighted by Gasteiger charge is 2.73. The lowest BCUT2D eigenvalue weighted by Crippen LogP contribution is -2.62. The van der Waals surface area contributed by atoms with Crippen molar-refractivity contribution in [2.45, 2.75) is 331 Å². The number of nitrogens with zero attached hydrogens (tertiary/aromatic N) is 3. The van der Waals surface area contributed by atoms with Crippen molar-refractivity contribution < 1.29 is 110 Å². The Kier molecular flexibility index (Phi) is 36.0. The molecule has 0 aromatic carbocycles. The van der Waals surface area contributed by atoms with E-state index in [0.29, 0.717) is 51.4 Å². The largest absolute Gasteiger partial charge is 0.508 e. The average molecular weight is 1920 g/mol. The van der Waals surface area contributed by atoms with Gasteiger partial charge in [0.15, 0.2) is 0 Å². The number of piperidine rings is 3. The summed E-state index contributed by atoms with van der Waals surface area (Å²) in [5.41, 5.74) is 5.57. The number of amides is 15. The molecule has 3 heterocycles. The fourth-order valence-corrected chi connectivity index (χ4v) is 18.6. The molecular weight excluding hydrogens is 1760 g/mol. The van der Waals surface area contributed by atoms with E-state index in [1.54, 1.807) is 20.8 Å². The molecule has 9 fully saturated rings. The summed E-state index contributed by atoms with van der Waals surface area (Å²) in [6.07, 6.45) is 6.97. The lowest BCUT2D eigenvalue weighted by atomic mass is 9.85. The van der Waals surface area contributed by atoms with Crippen molar-refractivity contribution in [2.75, 3.05) is 59.7 Å². The van der Waals surface area contributed by atoms with Crippen molar-refractivity contribution in [1.29, 1.82) is 0 Å². The van der Waals surface area contributed by atoms with Crippen LogP contribution in [0.25, 0.3) is 0 Å². The van der Waals surface area contributed by atoms with E-state index in [0.717, 1.165) is 38.5 Å². The van der Waals surface area contributed by atoms with Crippen molar-refractivity contribution >= 4 is 107 Å². The Morgan fingerprint density at radius 2 is 0.699 bits per heavy atom. The second-order valence-corrected chi connectivity index (χ2v) is 48.3. The number of nitrogens with one attached hydrogen (secondary N) is 10. The summed E-state index contributed by atoms with van der Waals surface area (Å²) in [4.78, 5) is 239. The number of likely N-dealkylation sites (tertiary alicyclic amines) is 3. The number of Topliss-reactive ketones (excluding diaryl/α,β-unsaturated/α-hetero) is 3. The second kappa shape index (κ2) is 43.5. The van der Waals surface area contributed by atoms with Crippen LogP contribution in [0, 0.1) is 107 Å². The van der Waals surface area contributed by atoms with Gasteiger partial charge in [-0.25, -0.2) is 24.0 Å². The summed E-state index contributed by atoms with van der Waals surface area (Å²) < 4.78 is 25.6. The summed E-state index contributed by atoms with van der Waals surface area (Å²) in [5.74, 6) is -7.97. The number of urea groups is 3. The van der Waals surface area contributed by atoms with Crippen molar-refractivity contribution in [1.82, 2.24) is 67.9 Å². The number of rotatable bonds is 37. The Balaban J connectivity index is 0.000000278. The molecule has 0 spiro atoms. The molecule has 136 heavy (non-hydrogen) atoms. The number of nitrogens with two attached hydrogens (primary N) is 2. The molecule has 6 aliphatic carbocycles. The summed E-state index contributed by atoms with van der Waals surface area (Å²) in [6, 6.07) is -12.4. The van der Waals surface area contributed by atoms with E-state index in [9.17, 15) is 86.3 Å². The zero-order chi connectivity index (χ0) is 103. The van der Waals surface area contributed by atoms with Crippen LogP contribution in [0.15, 0.2) is 12.7 Å². The van der Waals surface area contributed by atoms with Crippen LogP contribution in [0.3, 0.4) is 0 Å². The molecule has 0 bridgehead atoms. The van der Waals surface area contributed by atoms with Gasteiger partial charge in [-0.1, -0.05) is 211 Å². The molecule has 0 radical (unpaired) electrons. The third-order valence-electron chi connectivity index (χ3n) is 28.7. The van der Waals surface area contributed by atoms with Gasteiger partial charge in [0.1, 0.15) is 56.1 Å². The number of hydrogen-bond acceptors (Lipinski definition) is 23. The van der Waals surface area contributed by atoms with Crippen LogP contribution in [0.2, 0.25) is 0 Å². The van der Waals surface area contributed by atoms with Gasteiger partial charge in [0, 0.05) is 26.2 Å². The maximum Gasteiger partial charge on any atom is 0.508 e. The standard InChI is InChI=1S/C35H57N5O8.C33H55N5O7.C30H49N5O8/c1-11-13-22(26(41)29(43)36-16-12-2)37-28(42)25-24-21(35(24,9)10)17-40(25)30(44)27(34(6,7)8)39-31(45)38-23(33(3,4)5)19-48-32(46)47-18-20-14-15-20;1-30(2,3)20(16-45-28(43)32(7,8)9)36-29(44)37-24(31(4,5)6)27(42)38-15-18-21(33(18,10)11)22(38)26(41)35-19(14-17-12-13-17)23(39)25(34)40;1-28(2,3)18(14-43-27(41)42-9)33-26(40)34-22(29(4,5)6)25(39)35-13-16-19(30(16,7)8)20(35)24(38)32-17(12-15-10-11-15)21(36)23(31)37/h12,20-25,27H,2,11,13-19H2,1,3-10H3,(H,36,43)(H,37,42)(H2,38,39,45);17-22,24H,12-16H2,1-11H3,(H2,34,40)(H,35,41)(H2,36,37,44);15-20,22H,10-14H2,1-9H3,(H2,31,37)(H,32,38)(H2,33,34,40)/t21-,22?,23+,24-,25-,27+;18-,19?,20+,21-,22-,24+;16-,17?,18+,19-,20-,22+/m000/s1. The fourth-order valence-electron chi connectivity index (χ4n) is 18.6. The van der Waals surface area contributed by atoms with E-state index >= 15 is 0 Å². The van der Waals surface area contributed by atoms with Crippen molar-refractivity contribution in [2.24, 2.45) is 119 Å². The van der Waals surface area contributed by atoms with Crippen molar-refractivity contribution in [3.63, 3.8) is 0 Å². The highest BCUT2D eigenvalue weighted by Crippen LogP contribution is 2.67. The zero-order valence-electron chi connectivity index (χ0n) is 86.0. The smallest absolute Gasteiger partial charge is 0.463 e. The molecule has 9 aliphatic rings. The number of methoxy groups -OCH3 is 1. The Morgan fingerprint density at radius 1 is 0.397 bits per heavy atom. The number of esters is 1. The molecule has 3 aliphatic heterocycles. The molecule has 766 valence electrons. The molecule has 9 rings (SSSR count). The van der Waals surface area contributed by atoms with E-state index in [-0.39, 0.29) is 96.4 Å². The SMILES string of the molecule is C=CCNC(=O)C(=O)C(CCC)NC(=O)[C@@H]1[C@@H]2[C@H](CN1C(=O)[C@@H](NC(=O)N[C@H](COC(=O)OCC1CC1)C(C)(C)C)C(C)(C)C)C2(C)C.CC(C)(C)C(=O)OC[C@@H](NC(=O)N[C@H](C(=O)N1C[C@H]2[C@@H]([C@H]1C(=O)NC(CC1CC1)C(=O)C(N)=O)C2(C)C)C(C)(C)C)C(C)(C)C.COC(=O)OC[C@@H](NC(=O)N[C@H](C(=O)N1C[C@H]2[C@@H]([C@H]1C(=O)NC(CC1CC1)C(=O)C(N)=O)C2(C)C)C(C)(C)C)C(C)(C)C. The minimum atomic E-state index is -1.11. The third-order valence-corrected chi connectivity index (χ3v) is 28.7. The van der Waals surface area contributed by atoms with Gasteiger partial charge in [-0.2, -0.15) is 0 Å². The number of carbonyl (C=O) groups is 18. The number of carbonyl (C=O) groups excluding carboxylic acids is 18. The molecular formula is C98H161N15O23. The fraction of sp³-hybridized carbons (Fsp3) is 0.796. The molecule has 14 N–H and O–H groups in total. The predicted molar refractivity (Wildman–Crippen MR) is 504 cm³/mol. The molecule has 38 heteroatoms. The summed E-state index contributed by atoms with van der Waals surface area (Å²) in [7, 11) is 1.19. The van der Waals surface area contributed by atoms with Crippen LogP contribution >= 0.6 is 0 Å². The van der Waals surface area contributed by atoms with Crippen LogP contribution in [0.4, 0.5) is 24.0 Å². The minimum Gasteiger partial charge on any atom is -0.463 e. The van der Waals surface area contributed by atoms with E-state index in [4.69, 9.17) is 30.4 Å². The molecule has 38 nitrogen and oxygen atoms in total. The number of primary amides is 2. The van der Waals surface area contributed by atoms with E-state index < -0.39 is 217 Å². The van der Waals surface area contributed by atoms with Gasteiger partial charge >= 0.3 is 36.4 Å².